The van der Waals surface area contributed by atoms with Gasteiger partial charge < -0.3 is 10.4 Å². The highest BCUT2D eigenvalue weighted by Gasteiger charge is 2.23. The average molecular weight is 219 g/mol. The molecule has 0 aliphatic heterocycles. The quantitative estimate of drug-likeness (QED) is 0.593. The Bertz CT molecular complexity index is 381. The highest BCUT2D eigenvalue weighted by Crippen LogP contribution is 2.26. The number of hydrogen-bond donors (Lipinski definition) is 2. The van der Waals surface area contributed by atoms with Crippen LogP contribution in [-0.4, -0.2) is 24.5 Å². The van der Waals surface area contributed by atoms with E-state index in [1.54, 1.807) is 0 Å². The molecule has 15 heavy (non-hydrogen) atoms. The number of rotatable bonds is 3. The van der Waals surface area contributed by atoms with Gasteiger partial charge in [-0.25, -0.2) is 13.2 Å². The Morgan fingerprint density at radius 1 is 1.40 bits per heavy atom. The molecule has 0 aliphatic carbocycles. The molecule has 6 heteroatoms. The predicted octanol–water partition coefficient (Wildman–Crippen LogP) is 1.21. The molecule has 3 nitrogen and oxygen atoms in total. The molecule has 0 atom stereocenters. The molecule has 0 fully saturated rings. The summed E-state index contributed by atoms with van der Waals surface area (Å²) in [6, 6.07) is 0.181. The van der Waals surface area contributed by atoms with E-state index in [1.165, 1.54) is 7.05 Å². The number of hydrogen-bond acceptors (Lipinski definition) is 3. The topological polar surface area (TPSA) is 49.3 Å². The van der Waals surface area contributed by atoms with E-state index < -0.39 is 34.5 Å². The van der Waals surface area contributed by atoms with Crippen LogP contribution in [0.25, 0.3) is 0 Å². The normalized spacial score (nSPS) is 10.4. The molecular weight excluding hydrogens is 211 g/mol. The van der Waals surface area contributed by atoms with Gasteiger partial charge in [0.15, 0.2) is 29.0 Å². The lowest BCUT2D eigenvalue weighted by atomic mass is 10.1. The molecule has 0 bridgehead atoms. The van der Waals surface area contributed by atoms with Crippen molar-refractivity contribution in [2.24, 2.45) is 0 Å². The van der Waals surface area contributed by atoms with Crippen LogP contribution < -0.4 is 5.32 Å². The van der Waals surface area contributed by atoms with Crippen molar-refractivity contribution in [1.29, 1.82) is 0 Å². The van der Waals surface area contributed by atoms with E-state index in [0.29, 0.717) is 0 Å². The van der Waals surface area contributed by atoms with Gasteiger partial charge in [-0.2, -0.15) is 0 Å². The molecule has 1 rings (SSSR count). The largest absolute Gasteiger partial charge is 0.504 e. The van der Waals surface area contributed by atoms with Crippen molar-refractivity contribution in [3.8, 4) is 5.75 Å². The predicted molar refractivity (Wildman–Crippen MR) is 46.2 cm³/mol. The Morgan fingerprint density at radius 2 is 2.00 bits per heavy atom. The van der Waals surface area contributed by atoms with E-state index in [-0.39, 0.29) is 12.6 Å². The summed E-state index contributed by atoms with van der Waals surface area (Å²) in [5.74, 6) is -6.52. The number of likely N-dealkylation sites (N-methyl/N-ethyl adjacent to an activating group) is 1. The molecule has 0 aliphatic rings. The molecule has 1 aromatic carbocycles. The lowest BCUT2D eigenvalue weighted by molar-refractivity contribution is 0.0984. The zero-order chi connectivity index (χ0) is 11.6. The second-order valence-electron chi connectivity index (χ2n) is 2.83. The van der Waals surface area contributed by atoms with E-state index in [9.17, 15) is 18.0 Å². The van der Waals surface area contributed by atoms with Crippen molar-refractivity contribution in [3.63, 3.8) is 0 Å². The maximum atomic E-state index is 13.1. The van der Waals surface area contributed by atoms with Gasteiger partial charge in [0.25, 0.3) is 0 Å². The monoisotopic (exact) mass is 219 g/mol. The summed E-state index contributed by atoms with van der Waals surface area (Å²) in [6.45, 7) is -0.326. The first-order valence-corrected chi connectivity index (χ1v) is 4.03. The second kappa shape index (κ2) is 4.31. The van der Waals surface area contributed by atoms with Crippen molar-refractivity contribution in [2.75, 3.05) is 13.6 Å². The zero-order valence-electron chi connectivity index (χ0n) is 7.77. The Hall–Kier alpha value is -1.56. The van der Waals surface area contributed by atoms with Gasteiger partial charge in [-0.1, -0.05) is 0 Å². The van der Waals surface area contributed by atoms with E-state index in [2.05, 4.69) is 5.32 Å². The van der Waals surface area contributed by atoms with Crippen LogP contribution in [0.2, 0.25) is 0 Å². The van der Waals surface area contributed by atoms with Crippen molar-refractivity contribution in [1.82, 2.24) is 5.32 Å². The van der Waals surface area contributed by atoms with Gasteiger partial charge in [0.05, 0.1) is 6.54 Å². The highest BCUT2D eigenvalue weighted by atomic mass is 19.2. The van der Waals surface area contributed by atoms with Crippen LogP contribution in [0.5, 0.6) is 5.75 Å². The molecular formula is C9H8F3NO2. The molecule has 0 heterocycles. The highest BCUT2D eigenvalue weighted by molar-refractivity contribution is 6.00. The lowest BCUT2D eigenvalue weighted by Crippen LogP contribution is -2.20. The first-order chi connectivity index (χ1) is 6.99. The number of phenols is 1. The lowest BCUT2D eigenvalue weighted by Gasteiger charge is -2.06. The molecule has 0 amide bonds. The summed E-state index contributed by atoms with van der Waals surface area (Å²) < 4.78 is 38.6. The Labute approximate surface area is 83.5 Å². The third-order valence-corrected chi connectivity index (χ3v) is 1.76. The van der Waals surface area contributed by atoms with Gasteiger partial charge in [-0.15, -0.1) is 0 Å². The average Bonchev–Trinajstić information content (AvgIpc) is 2.16. The van der Waals surface area contributed by atoms with E-state index in [0.717, 1.165) is 0 Å². The summed E-state index contributed by atoms with van der Waals surface area (Å²) in [5.41, 5.74) is -0.971. The fourth-order valence-electron chi connectivity index (χ4n) is 1.09. The summed E-state index contributed by atoms with van der Waals surface area (Å²) in [6.07, 6.45) is 0. The summed E-state index contributed by atoms with van der Waals surface area (Å²) in [5, 5.41) is 11.5. The second-order valence-corrected chi connectivity index (χ2v) is 2.83. The van der Waals surface area contributed by atoms with Gasteiger partial charge in [-0.3, -0.25) is 4.79 Å². The molecule has 0 saturated heterocycles. The van der Waals surface area contributed by atoms with Gasteiger partial charge in [0, 0.05) is 6.07 Å². The van der Waals surface area contributed by atoms with Crippen LogP contribution in [0.15, 0.2) is 6.07 Å². The fourth-order valence-corrected chi connectivity index (χ4v) is 1.09. The Balaban J connectivity index is 3.32. The number of nitrogens with one attached hydrogen (secondary N) is 1. The number of phenolic OH excluding ortho intramolecular Hbond substituents is 1. The minimum atomic E-state index is -1.55. The van der Waals surface area contributed by atoms with Crippen molar-refractivity contribution in [3.05, 3.63) is 29.1 Å². The van der Waals surface area contributed by atoms with Crippen LogP contribution in [0.3, 0.4) is 0 Å². The summed E-state index contributed by atoms with van der Waals surface area (Å²) >= 11 is 0. The van der Waals surface area contributed by atoms with Gasteiger partial charge in [-0.05, 0) is 7.05 Å². The van der Waals surface area contributed by atoms with Crippen LogP contribution in [0.4, 0.5) is 13.2 Å². The number of carbonyl (C=O) groups excluding carboxylic acids is 1. The number of benzene rings is 1. The summed E-state index contributed by atoms with van der Waals surface area (Å²) in [7, 11) is 1.41. The standard InChI is InChI=1S/C9H8F3NO2/c1-13-3-6(14)7-8(12)4(10)2-5(11)9(7)15/h2,13,15H,3H2,1H3. The number of aromatic hydroxyl groups is 1. The van der Waals surface area contributed by atoms with Crippen LogP contribution in [0, 0.1) is 17.5 Å². The summed E-state index contributed by atoms with van der Waals surface area (Å²) in [4.78, 5) is 11.2. The third-order valence-electron chi connectivity index (χ3n) is 1.76. The maximum absolute atomic E-state index is 13.1. The fraction of sp³-hybridized carbons (Fsp3) is 0.222. The van der Waals surface area contributed by atoms with Crippen molar-refractivity contribution >= 4 is 5.78 Å². The molecule has 0 unspecified atom stereocenters. The first-order valence-electron chi connectivity index (χ1n) is 4.03. The Kier molecular flexibility index (Phi) is 3.31. The van der Waals surface area contributed by atoms with Crippen molar-refractivity contribution in [2.45, 2.75) is 0 Å². The van der Waals surface area contributed by atoms with Crippen LogP contribution in [0.1, 0.15) is 10.4 Å². The number of halogens is 3. The van der Waals surface area contributed by atoms with Gasteiger partial charge in [0.2, 0.25) is 0 Å². The SMILES string of the molecule is CNCC(=O)c1c(O)c(F)cc(F)c1F. The van der Waals surface area contributed by atoms with E-state index in [4.69, 9.17) is 5.11 Å². The maximum Gasteiger partial charge on any atom is 0.183 e. The number of carbonyl (C=O) groups is 1. The number of Topliss-reactive ketones (excluding diaryl/α,β-unsaturated/α-hetero) is 1. The number of ketones is 1. The van der Waals surface area contributed by atoms with Gasteiger partial charge >= 0.3 is 0 Å². The molecule has 0 radical (unpaired) electrons. The first kappa shape index (κ1) is 11.5. The molecule has 0 aromatic heterocycles. The Morgan fingerprint density at radius 3 is 2.53 bits per heavy atom. The van der Waals surface area contributed by atoms with E-state index >= 15 is 0 Å². The minimum absolute atomic E-state index is 0.181. The van der Waals surface area contributed by atoms with E-state index in [1.807, 2.05) is 0 Å². The minimum Gasteiger partial charge on any atom is -0.504 e. The van der Waals surface area contributed by atoms with Crippen LogP contribution >= 0.6 is 0 Å². The molecule has 2 N–H and O–H groups in total. The van der Waals surface area contributed by atoms with Crippen LogP contribution in [-0.2, 0) is 0 Å². The molecule has 1 aromatic rings. The smallest absolute Gasteiger partial charge is 0.183 e. The van der Waals surface area contributed by atoms with Gasteiger partial charge in [0.1, 0.15) is 5.56 Å². The van der Waals surface area contributed by atoms with Crippen molar-refractivity contribution < 1.29 is 23.1 Å². The molecule has 0 saturated carbocycles. The molecule has 0 spiro atoms. The third kappa shape index (κ3) is 2.10. The molecule has 82 valence electrons. The zero-order valence-corrected chi connectivity index (χ0v) is 7.77.